The molecule has 0 bridgehead atoms. The van der Waals surface area contributed by atoms with Gasteiger partial charge in [-0.15, -0.1) is 0 Å². The Labute approximate surface area is 105 Å². The second kappa shape index (κ2) is 8.07. The molecular weight excluding hydrogens is 210 g/mol. The molecule has 0 fully saturated rings. The maximum atomic E-state index is 4.61. The maximum Gasteiger partial charge on any atom is 0.126 e. The molecule has 0 unspecified atom stereocenters. The molecule has 96 valence electrons. The van der Waals surface area contributed by atoms with Gasteiger partial charge in [-0.3, -0.25) is 0 Å². The molecule has 1 heterocycles. The summed E-state index contributed by atoms with van der Waals surface area (Å²) < 4.78 is 0. The molecule has 3 nitrogen and oxygen atoms in total. The lowest BCUT2D eigenvalue weighted by Crippen LogP contribution is -2.19. The van der Waals surface area contributed by atoms with E-state index in [0.29, 0.717) is 0 Å². The summed E-state index contributed by atoms with van der Waals surface area (Å²) in [5, 5.41) is 3.32. The fourth-order valence-corrected chi connectivity index (χ4v) is 1.70. The van der Waals surface area contributed by atoms with Crippen molar-refractivity contribution in [3.63, 3.8) is 0 Å². The van der Waals surface area contributed by atoms with E-state index in [1.807, 2.05) is 6.07 Å². The van der Waals surface area contributed by atoms with Gasteiger partial charge in [0.2, 0.25) is 0 Å². The van der Waals surface area contributed by atoms with Crippen LogP contribution >= 0.6 is 0 Å². The van der Waals surface area contributed by atoms with E-state index in [2.05, 4.69) is 48.2 Å². The Kier molecular flexibility index (Phi) is 6.63. The number of rotatable bonds is 8. The minimum atomic E-state index is 0.932. The van der Waals surface area contributed by atoms with Crippen molar-refractivity contribution in [2.45, 2.75) is 39.7 Å². The Morgan fingerprint density at radius 1 is 1.24 bits per heavy atom. The average molecular weight is 235 g/mol. The second-order valence-corrected chi connectivity index (χ2v) is 4.53. The molecule has 1 aromatic rings. The topological polar surface area (TPSA) is 28.2 Å². The van der Waals surface area contributed by atoms with Gasteiger partial charge in [0.25, 0.3) is 0 Å². The zero-order valence-electron chi connectivity index (χ0n) is 11.4. The quantitative estimate of drug-likeness (QED) is 0.750. The van der Waals surface area contributed by atoms with Gasteiger partial charge in [0, 0.05) is 13.1 Å². The number of nitrogens with zero attached hydrogens (tertiary/aromatic N) is 2. The van der Waals surface area contributed by atoms with Crippen LogP contribution in [0.4, 0.5) is 5.82 Å². The van der Waals surface area contributed by atoms with E-state index in [4.69, 9.17) is 0 Å². The molecule has 0 saturated carbocycles. The zero-order chi connectivity index (χ0) is 12.5. The van der Waals surface area contributed by atoms with Crippen LogP contribution in [-0.2, 0) is 6.54 Å². The lowest BCUT2D eigenvalue weighted by Gasteiger charge is -2.16. The molecule has 0 amide bonds. The number of nitrogens with one attached hydrogen (secondary N) is 1. The van der Waals surface area contributed by atoms with Crippen LogP contribution in [0.25, 0.3) is 0 Å². The van der Waals surface area contributed by atoms with Crippen LogP contribution in [-0.4, -0.2) is 30.0 Å². The highest BCUT2D eigenvalue weighted by Gasteiger charge is 2.01. The van der Waals surface area contributed by atoms with Crippen molar-refractivity contribution in [2.75, 3.05) is 25.5 Å². The van der Waals surface area contributed by atoms with Crippen LogP contribution in [0, 0.1) is 0 Å². The highest BCUT2D eigenvalue weighted by molar-refractivity contribution is 5.35. The van der Waals surface area contributed by atoms with Crippen molar-refractivity contribution in [3.05, 3.63) is 23.9 Å². The monoisotopic (exact) mass is 235 g/mol. The van der Waals surface area contributed by atoms with Crippen molar-refractivity contribution in [1.82, 2.24) is 9.88 Å². The first-order chi connectivity index (χ1) is 8.26. The molecule has 0 aliphatic rings. The van der Waals surface area contributed by atoms with Gasteiger partial charge in [-0.1, -0.05) is 26.3 Å². The lowest BCUT2D eigenvalue weighted by atomic mass is 10.3. The highest BCUT2D eigenvalue weighted by Crippen LogP contribution is 2.07. The van der Waals surface area contributed by atoms with Crippen molar-refractivity contribution in [2.24, 2.45) is 0 Å². The first-order valence-corrected chi connectivity index (χ1v) is 6.64. The van der Waals surface area contributed by atoms with E-state index in [1.54, 1.807) is 0 Å². The van der Waals surface area contributed by atoms with Crippen molar-refractivity contribution >= 4 is 5.82 Å². The van der Waals surface area contributed by atoms with Crippen LogP contribution in [0.5, 0.6) is 0 Å². The third-order valence-electron chi connectivity index (χ3n) is 2.69. The van der Waals surface area contributed by atoms with Gasteiger partial charge in [0.1, 0.15) is 5.82 Å². The van der Waals surface area contributed by atoms with Crippen LogP contribution in [0.1, 0.15) is 38.8 Å². The molecule has 0 saturated heterocycles. The minimum Gasteiger partial charge on any atom is -0.370 e. The number of pyridine rings is 1. The van der Waals surface area contributed by atoms with E-state index in [1.165, 1.54) is 12.8 Å². The zero-order valence-corrected chi connectivity index (χ0v) is 11.4. The number of unbranched alkanes of at least 4 members (excludes halogenated alkanes) is 1. The number of hydrogen-bond donors (Lipinski definition) is 1. The Morgan fingerprint density at radius 2 is 2.06 bits per heavy atom. The van der Waals surface area contributed by atoms with Gasteiger partial charge in [-0.25, -0.2) is 4.98 Å². The summed E-state index contributed by atoms with van der Waals surface area (Å²) in [6.45, 7) is 7.45. The minimum absolute atomic E-state index is 0.932. The summed E-state index contributed by atoms with van der Waals surface area (Å²) in [6, 6.07) is 6.21. The summed E-state index contributed by atoms with van der Waals surface area (Å²) in [5.41, 5.74) is 1.14. The molecule has 0 aromatic carbocycles. The molecule has 1 rings (SSSR count). The van der Waals surface area contributed by atoms with Crippen molar-refractivity contribution in [3.8, 4) is 0 Å². The Hall–Kier alpha value is -1.09. The van der Waals surface area contributed by atoms with Crippen LogP contribution < -0.4 is 5.32 Å². The molecule has 0 aliphatic carbocycles. The molecule has 1 aromatic heterocycles. The van der Waals surface area contributed by atoms with Crippen LogP contribution in [0.2, 0.25) is 0 Å². The average Bonchev–Trinajstić information content (AvgIpc) is 2.34. The van der Waals surface area contributed by atoms with Crippen molar-refractivity contribution in [1.29, 1.82) is 0 Å². The van der Waals surface area contributed by atoms with Gasteiger partial charge >= 0.3 is 0 Å². The Bertz CT molecular complexity index is 312. The molecule has 1 N–H and O–H groups in total. The van der Waals surface area contributed by atoms with Gasteiger partial charge < -0.3 is 10.2 Å². The first-order valence-electron chi connectivity index (χ1n) is 6.64. The van der Waals surface area contributed by atoms with E-state index < -0.39 is 0 Å². The van der Waals surface area contributed by atoms with Crippen molar-refractivity contribution < 1.29 is 0 Å². The summed E-state index contributed by atoms with van der Waals surface area (Å²) in [7, 11) is 2.16. The van der Waals surface area contributed by atoms with Gasteiger partial charge in [-0.05, 0) is 38.6 Å². The van der Waals surface area contributed by atoms with Gasteiger partial charge in [0.15, 0.2) is 0 Å². The van der Waals surface area contributed by atoms with Crippen LogP contribution in [0.15, 0.2) is 18.2 Å². The summed E-state index contributed by atoms with van der Waals surface area (Å²) in [5.74, 6) is 0.994. The standard InChI is InChI=1S/C14H25N3/c1-4-6-11-17(3)12-13-8-7-9-14(16-13)15-10-5-2/h7-9H,4-6,10-12H2,1-3H3,(H,15,16). The molecule has 3 heteroatoms. The summed E-state index contributed by atoms with van der Waals surface area (Å²) in [4.78, 5) is 6.93. The second-order valence-electron chi connectivity index (χ2n) is 4.53. The number of aromatic nitrogens is 1. The molecule has 0 spiro atoms. The molecule has 0 atom stereocenters. The fraction of sp³-hybridized carbons (Fsp3) is 0.643. The third-order valence-corrected chi connectivity index (χ3v) is 2.69. The summed E-state index contributed by atoms with van der Waals surface area (Å²) in [6.07, 6.45) is 3.63. The lowest BCUT2D eigenvalue weighted by molar-refractivity contribution is 0.317. The molecule has 0 aliphatic heterocycles. The Balaban J connectivity index is 2.47. The smallest absolute Gasteiger partial charge is 0.126 e. The third kappa shape index (κ3) is 5.68. The van der Waals surface area contributed by atoms with E-state index in [0.717, 1.165) is 37.6 Å². The predicted molar refractivity (Wildman–Crippen MR) is 74.3 cm³/mol. The first kappa shape index (κ1) is 14.0. The van der Waals surface area contributed by atoms with Crippen LogP contribution in [0.3, 0.4) is 0 Å². The van der Waals surface area contributed by atoms with E-state index in [9.17, 15) is 0 Å². The van der Waals surface area contributed by atoms with E-state index in [-0.39, 0.29) is 0 Å². The SMILES string of the molecule is CCCCN(C)Cc1cccc(NCCC)n1. The molecular formula is C14H25N3. The van der Waals surface area contributed by atoms with Gasteiger partial charge in [0.05, 0.1) is 5.69 Å². The molecule has 17 heavy (non-hydrogen) atoms. The number of hydrogen-bond acceptors (Lipinski definition) is 3. The normalized spacial score (nSPS) is 10.8. The van der Waals surface area contributed by atoms with Gasteiger partial charge in [-0.2, -0.15) is 0 Å². The highest BCUT2D eigenvalue weighted by atomic mass is 15.1. The predicted octanol–water partition coefficient (Wildman–Crippen LogP) is 3.14. The Morgan fingerprint density at radius 3 is 2.76 bits per heavy atom. The van der Waals surface area contributed by atoms with E-state index >= 15 is 0 Å². The number of anilines is 1. The maximum absolute atomic E-state index is 4.61. The largest absolute Gasteiger partial charge is 0.370 e. The molecule has 0 radical (unpaired) electrons. The summed E-state index contributed by atoms with van der Waals surface area (Å²) >= 11 is 0. The fourth-order valence-electron chi connectivity index (χ4n) is 1.70.